The van der Waals surface area contributed by atoms with Crippen molar-refractivity contribution in [3.63, 3.8) is 0 Å². The van der Waals surface area contributed by atoms with Crippen LogP contribution in [0, 0.1) is 10.1 Å². The molecule has 0 radical (unpaired) electrons. The van der Waals surface area contributed by atoms with Gasteiger partial charge in [-0.15, -0.1) is 0 Å². The molecule has 0 aliphatic rings. The van der Waals surface area contributed by atoms with Crippen LogP contribution in [0.3, 0.4) is 0 Å². The lowest BCUT2D eigenvalue weighted by molar-refractivity contribution is -0.383. The minimum absolute atomic E-state index is 0.0318. The molecular weight excluding hydrogens is 259 g/mol. The molecule has 0 unspecified atom stereocenters. The fourth-order valence-corrected chi connectivity index (χ4v) is 1.39. The van der Waals surface area contributed by atoms with E-state index < -0.39 is 4.92 Å². The molecule has 0 saturated carbocycles. The average Bonchev–Trinajstić information content (AvgIpc) is 2.08. The SMILES string of the molecule is CNc1cc(Br)c(Cl)cc1[N+](=O)[O-]. The highest BCUT2D eigenvalue weighted by atomic mass is 79.9. The Morgan fingerprint density at radius 2 is 2.23 bits per heavy atom. The van der Waals surface area contributed by atoms with Crippen LogP contribution in [0.2, 0.25) is 5.02 Å². The number of hydrogen-bond donors (Lipinski definition) is 1. The lowest BCUT2D eigenvalue weighted by Gasteiger charge is -2.03. The largest absolute Gasteiger partial charge is 0.383 e. The lowest BCUT2D eigenvalue weighted by atomic mass is 10.3. The number of nitrogens with zero attached hydrogens (tertiary/aromatic N) is 1. The molecule has 1 aromatic carbocycles. The third-order valence-corrected chi connectivity index (χ3v) is 2.70. The van der Waals surface area contributed by atoms with Gasteiger partial charge >= 0.3 is 0 Å². The topological polar surface area (TPSA) is 55.2 Å². The summed E-state index contributed by atoms with van der Waals surface area (Å²) in [5, 5.41) is 13.6. The van der Waals surface area contributed by atoms with Gasteiger partial charge in [-0.2, -0.15) is 0 Å². The summed E-state index contributed by atoms with van der Waals surface area (Å²) in [6.07, 6.45) is 0. The number of benzene rings is 1. The van der Waals surface area contributed by atoms with Gasteiger partial charge in [-0.1, -0.05) is 11.6 Å². The number of hydrogen-bond acceptors (Lipinski definition) is 3. The molecule has 4 nitrogen and oxygen atoms in total. The van der Waals surface area contributed by atoms with Crippen LogP contribution in [0.1, 0.15) is 0 Å². The number of anilines is 1. The van der Waals surface area contributed by atoms with Crippen molar-refractivity contribution in [3.8, 4) is 0 Å². The number of halogens is 2. The normalized spacial score (nSPS) is 9.77. The molecule has 0 aliphatic carbocycles. The van der Waals surface area contributed by atoms with Crippen molar-refractivity contribution in [2.45, 2.75) is 0 Å². The van der Waals surface area contributed by atoms with E-state index in [0.717, 1.165) is 0 Å². The second-order valence-corrected chi connectivity index (χ2v) is 3.55. The lowest BCUT2D eigenvalue weighted by Crippen LogP contribution is -1.96. The van der Waals surface area contributed by atoms with Crippen LogP contribution in [-0.2, 0) is 0 Å². The van der Waals surface area contributed by atoms with Gasteiger partial charge in [0.05, 0.1) is 9.95 Å². The summed E-state index contributed by atoms with van der Waals surface area (Å²) >= 11 is 8.88. The summed E-state index contributed by atoms with van der Waals surface area (Å²) in [5.41, 5.74) is 0.400. The molecule has 0 amide bonds. The predicted octanol–water partition coefficient (Wildman–Crippen LogP) is 3.05. The number of rotatable bonds is 2. The number of nitro groups is 1. The molecule has 1 rings (SSSR count). The molecule has 0 saturated heterocycles. The van der Waals surface area contributed by atoms with Crippen molar-refractivity contribution in [1.82, 2.24) is 0 Å². The standard InChI is InChI=1S/C7H6BrClN2O2/c1-10-6-2-4(8)5(9)3-7(6)11(12)13/h2-3,10H,1H3. The predicted molar refractivity (Wildman–Crippen MR) is 55.4 cm³/mol. The first-order valence-electron chi connectivity index (χ1n) is 3.37. The molecule has 13 heavy (non-hydrogen) atoms. The monoisotopic (exact) mass is 264 g/mol. The highest BCUT2D eigenvalue weighted by molar-refractivity contribution is 9.10. The van der Waals surface area contributed by atoms with Crippen LogP contribution < -0.4 is 5.32 Å². The van der Waals surface area contributed by atoms with Crippen LogP contribution in [0.25, 0.3) is 0 Å². The average molecular weight is 265 g/mol. The zero-order valence-electron chi connectivity index (χ0n) is 6.67. The van der Waals surface area contributed by atoms with E-state index in [2.05, 4.69) is 21.2 Å². The summed E-state index contributed by atoms with van der Waals surface area (Å²) in [4.78, 5) is 10.1. The third kappa shape index (κ3) is 2.10. The second kappa shape index (κ2) is 3.93. The Kier molecular flexibility index (Phi) is 3.11. The molecule has 0 aliphatic heterocycles. The fraction of sp³-hybridized carbons (Fsp3) is 0.143. The van der Waals surface area contributed by atoms with Gasteiger partial charge in [-0.05, 0) is 22.0 Å². The maximum absolute atomic E-state index is 10.5. The van der Waals surface area contributed by atoms with Crippen LogP contribution in [0.15, 0.2) is 16.6 Å². The van der Waals surface area contributed by atoms with Gasteiger partial charge in [-0.3, -0.25) is 10.1 Å². The quantitative estimate of drug-likeness (QED) is 0.660. The van der Waals surface area contributed by atoms with Crippen LogP contribution in [-0.4, -0.2) is 12.0 Å². The van der Waals surface area contributed by atoms with Crippen LogP contribution in [0.5, 0.6) is 0 Å². The molecule has 0 bridgehead atoms. The summed E-state index contributed by atoms with van der Waals surface area (Å²) in [7, 11) is 1.61. The van der Waals surface area contributed by atoms with Crippen molar-refractivity contribution in [2.75, 3.05) is 12.4 Å². The van der Waals surface area contributed by atoms with Crippen molar-refractivity contribution >= 4 is 38.9 Å². The van der Waals surface area contributed by atoms with Gasteiger partial charge in [0.1, 0.15) is 5.69 Å². The van der Waals surface area contributed by atoms with E-state index in [1.165, 1.54) is 6.07 Å². The summed E-state index contributed by atoms with van der Waals surface area (Å²) in [6.45, 7) is 0. The van der Waals surface area contributed by atoms with Gasteiger partial charge < -0.3 is 5.32 Å². The van der Waals surface area contributed by atoms with E-state index in [0.29, 0.717) is 15.2 Å². The third-order valence-electron chi connectivity index (χ3n) is 1.50. The van der Waals surface area contributed by atoms with Crippen molar-refractivity contribution in [3.05, 3.63) is 31.7 Å². The second-order valence-electron chi connectivity index (χ2n) is 2.29. The highest BCUT2D eigenvalue weighted by Gasteiger charge is 2.15. The van der Waals surface area contributed by atoms with Crippen molar-refractivity contribution in [2.24, 2.45) is 0 Å². The number of nitro benzene ring substituents is 1. The van der Waals surface area contributed by atoms with Gasteiger partial charge in [-0.25, -0.2) is 0 Å². The molecule has 0 aromatic heterocycles. The Morgan fingerprint density at radius 1 is 1.62 bits per heavy atom. The van der Waals surface area contributed by atoms with E-state index in [9.17, 15) is 10.1 Å². The summed E-state index contributed by atoms with van der Waals surface area (Å²) in [6, 6.07) is 2.87. The first-order valence-corrected chi connectivity index (χ1v) is 4.54. The zero-order chi connectivity index (χ0) is 10.0. The van der Waals surface area contributed by atoms with Crippen molar-refractivity contribution in [1.29, 1.82) is 0 Å². The molecule has 0 heterocycles. The Morgan fingerprint density at radius 3 is 2.69 bits per heavy atom. The molecule has 1 aromatic rings. The molecule has 1 N–H and O–H groups in total. The van der Waals surface area contributed by atoms with E-state index in [1.54, 1.807) is 13.1 Å². The summed E-state index contributed by atoms with van der Waals surface area (Å²) in [5.74, 6) is 0. The molecule has 0 spiro atoms. The Hall–Kier alpha value is -0.810. The first kappa shape index (κ1) is 10.3. The van der Waals surface area contributed by atoms with Crippen LogP contribution >= 0.6 is 27.5 Å². The van der Waals surface area contributed by atoms with E-state index >= 15 is 0 Å². The van der Waals surface area contributed by atoms with Crippen molar-refractivity contribution < 1.29 is 4.92 Å². The molecule has 6 heteroatoms. The van der Waals surface area contributed by atoms with Crippen LogP contribution in [0.4, 0.5) is 11.4 Å². The van der Waals surface area contributed by atoms with E-state index in [-0.39, 0.29) is 5.69 Å². The number of nitrogens with one attached hydrogen (secondary N) is 1. The molecule has 0 atom stereocenters. The zero-order valence-corrected chi connectivity index (χ0v) is 9.02. The van der Waals surface area contributed by atoms with E-state index in [1.807, 2.05) is 0 Å². The molecule has 70 valence electrons. The maximum atomic E-state index is 10.5. The van der Waals surface area contributed by atoms with Gasteiger partial charge in [0.25, 0.3) is 5.69 Å². The van der Waals surface area contributed by atoms with Gasteiger partial charge in [0.15, 0.2) is 0 Å². The highest BCUT2D eigenvalue weighted by Crippen LogP contribution is 2.33. The Bertz CT molecular complexity index is 357. The minimum Gasteiger partial charge on any atom is -0.383 e. The Balaban J connectivity index is 3.33. The maximum Gasteiger partial charge on any atom is 0.293 e. The summed E-state index contributed by atoms with van der Waals surface area (Å²) < 4.78 is 0.629. The molecule has 0 fully saturated rings. The Labute approximate surface area is 88.2 Å². The first-order chi connectivity index (χ1) is 6.06. The fourth-order valence-electron chi connectivity index (χ4n) is 0.888. The van der Waals surface area contributed by atoms with E-state index in [4.69, 9.17) is 11.6 Å². The molecular formula is C7H6BrClN2O2. The van der Waals surface area contributed by atoms with Gasteiger partial charge in [0, 0.05) is 17.6 Å². The minimum atomic E-state index is -0.482. The smallest absolute Gasteiger partial charge is 0.293 e. The van der Waals surface area contributed by atoms with Gasteiger partial charge in [0.2, 0.25) is 0 Å².